The van der Waals surface area contributed by atoms with Crippen LogP contribution in [-0.2, 0) is 4.74 Å². The highest BCUT2D eigenvalue weighted by atomic mass is 79.9. The van der Waals surface area contributed by atoms with Gasteiger partial charge in [-0.25, -0.2) is 4.98 Å². The number of morpholine rings is 1. The Morgan fingerprint density at radius 1 is 1.65 bits per heavy atom. The van der Waals surface area contributed by atoms with Crippen molar-refractivity contribution in [1.82, 2.24) is 15.3 Å². The maximum atomic E-state index is 5.50. The summed E-state index contributed by atoms with van der Waals surface area (Å²) in [5.41, 5.74) is 0. The third kappa shape index (κ3) is 3.52. The van der Waals surface area contributed by atoms with Crippen molar-refractivity contribution in [3.8, 4) is 11.9 Å². The lowest BCUT2D eigenvalue weighted by Gasteiger charge is -2.23. The van der Waals surface area contributed by atoms with Crippen LogP contribution in [0.5, 0.6) is 11.9 Å². The molecule has 0 amide bonds. The Labute approximate surface area is 108 Å². The van der Waals surface area contributed by atoms with Gasteiger partial charge in [0.2, 0.25) is 5.88 Å². The van der Waals surface area contributed by atoms with E-state index in [2.05, 4.69) is 31.2 Å². The molecule has 0 radical (unpaired) electrons. The van der Waals surface area contributed by atoms with Gasteiger partial charge in [0.15, 0.2) is 0 Å². The van der Waals surface area contributed by atoms with E-state index in [0.717, 1.165) is 13.1 Å². The summed E-state index contributed by atoms with van der Waals surface area (Å²) in [7, 11) is 1.55. The average Bonchev–Trinajstić information content (AvgIpc) is 2.39. The van der Waals surface area contributed by atoms with E-state index in [9.17, 15) is 0 Å². The molecule has 1 aromatic rings. The Balaban J connectivity index is 1.89. The summed E-state index contributed by atoms with van der Waals surface area (Å²) in [4.78, 5) is 8.13. The number of hydrogen-bond acceptors (Lipinski definition) is 6. The van der Waals surface area contributed by atoms with Crippen LogP contribution in [0.2, 0.25) is 0 Å². The first kappa shape index (κ1) is 12.5. The fraction of sp³-hybridized carbons (Fsp3) is 0.600. The highest BCUT2D eigenvalue weighted by molar-refractivity contribution is 9.10. The molecule has 0 spiro atoms. The number of ether oxygens (including phenoxy) is 3. The lowest BCUT2D eigenvalue weighted by Crippen LogP contribution is -2.41. The molecule has 94 valence electrons. The third-order valence-electron chi connectivity index (χ3n) is 2.29. The quantitative estimate of drug-likeness (QED) is 0.879. The summed E-state index contributed by atoms with van der Waals surface area (Å²) >= 11 is 3.28. The van der Waals surface area contributed by atoms with Crippen molar-refractivity contribution in [2.75, 3.05) is 33.4 Å². The van der Waals surface area contributed by atoms with Crippen LogP contribution in [0.1, 0.15) is 0 Å². The predicted octanol–water partition coefficient (Wildman–Crippen LogP) is 0.615. The largest absolute Gasteiger partial charge is 0.480 e. The second kappa shape index (κ2) is 6.13. The Morgan fingerprint density at radius 2 is 2.53 bits per heavy atom. The molecule has 2 rings (SSSR count). The molecule has 1 fully saturated rings. The molecule has 1 unspecified atom stereocenters. The molecule has 7 heteroatoms. The minimum absolute atomic E-state index is 0.0435. The Bertz CT molecular complexity index is 372. The standard InChI is InChI=1S/C10H14BrN3O3/c1-15-9-8(11)5-13-10(14-9)17-6-7-4-12-2-3-16-7/h5,7,12H,2-4,6H2,1H3. The van der Waals surface area contributed by atoms with Crippen LogP contribution in [0, 0.1) is 0 Å². The molecule has 1 aromatic heterocycles. The lowest BCUT2D eigenvalue weighted by molar-refractivity contribution is -0.00191. The number of hydrogen-bond donors (Lipinski definition) is 1. The summed E-state index contributed by atoms with van der Waals surface area (Å²) in [5, 5.41) is 3.22. The molecule has 0 saturated carbocycles. The van der Waals surface area contributed by atoms with Gasteiger partial charge in [-0.05, 0) is 15.9 Å². The normalized spacial score (nSPS) is 20.0. The van der Waals surface area contributed by atoms with Crippen molar-refractivity contribution >= 4 is 15.9 Å². The van der Waals surface area contributed by atoms with Crippen molar-refractivity contribution in [3.05, 3.63) is 10.7 Å². The highest BCUT2D eigenvalue weighted by Crippen LogP contribution is 2.22. The zero-order chi connectivity index (χ0) is 12.1. The lowest BCUT2D eigenvalue weighted by atomic mass is 10.3. The van der Waals surface area contributed by atoms with E-state index in [4.69, 9.17) is 14.2 Å². The molecular weight excluding hydrogens is 290 g/mol. The van der Waals surface area contributed by atoms with Crippen LogP contribution < -0.4 is 14.8 Å². The predicted molar refractivity (Wildman–Crippen MR) is 64.4 cm³/mol. The van der Waals surface area contributed by atoms with Crippen molar-refractivity contribution < 1.29 is 14.2 Å². The third-order valence-corrected chi connectivity index (χ3v) is 2.83. The van der Waals surface area contributed by atoms with E-state index in [1.807, 2.05) is 0 Å². The number of halogens is 1. The molecule has 1 aliphatic heterocycles. The molecule has 0 aliphatic carbocycles. The first-order valence-corrected chi connectivity index (χ1v) is 6.10. The number of aromatic nitrogens is 2. The monoisotopic (exact) mass is 303 g/mol. The molecule has 0 bridgehead atoms. The van der Waals surface area contributed by atoms with E-state index in [0.29, 0.717) is 29.6 Å². The van der Waals surface area contributed by atoms with E-state index in [1.54, 1.807) is 13.3 Å². The van der Waals surface area contributed by atoms with Gasteiger partial charge >= 0.3 is 6.01 Å². The van der Waals surface area contributed by atoms with Gasteiger partial charge in [0, 0.05) is 13.1 Å². The smallest absolute Gasteiger partial charge is 0.319 e. The van der Waals surface area contributed by atoms with Crippen LogP contribution in [0.25, 0.3) is 0 Å². The number of rotatable bonds is 4. The molecule has 0 aromatic carbocycles. The SMILES string of the molecule is COc1nc(OCC2CNCCO2)ncc1Br. The molecule has 1 N–H and O–H groups in total. The molecular formula is C10H14BrN3O3. The van der Waals surface area contributed by atoms with Gasteiger partial charge in [-0.3, -0.25) is 0 Å². The maximum Gasteiger partial charge on any atom is 0.319 e. The minimum atomic E-state index is 0.0435. The van der Waals surface area contributed by atoms with E-state index in [1.165, 1.54) is 0 Å². The topological polar surface area (TPSA) is 65.5 Å². The summed E-state index contributed by atoms with van der Waals surface area (Å²) < 4.78 is 16.7. The van der Waals surface area contributed by atoms with Gasteiger partial charge in [0.05, 0.1) is 24.4 Å². The fourth-order valence-corrected chi connectivity index (χ4v) is 1.80. The summed E-state index contributed by atoms with van der Waals surface area (Å²) in [5.74, 6) is 0.456. The number of methoxy groups -OCH3 is 1. The van der Waals surface area contributed by atoms with Crippen molar-refractivity contribution in [1.29, 1.82) is 0 Å². The van der Waals surface area contributed by atoms with Gasteiger partial charge in [0.25, 0.3) is 0 Å². The number of nitrogens with zero attached hydrogens (tertiary/aromatic N) is 2. The zero-order valence-corrected chi connectivity index (χ0v) is 11.1. The first-order valence-electron chi connectivity index (χ1n) is 5.31. The van der Waals surface area contributed by atoms with E-state index in [-0.39, 0.29) is 6.10 Å². The Kier molecular flexibility index (Phi) is 4.52. The second-order valence-electron chi connectivity index (χ2n) is 3.52. The first-order chi connectivity index (χ1) is 8.29. The molecule has 1 aliphatic rings. The van der Waals surface area contributed by atoms with Crippen molar-refractivity contribution in [2.45, 2.75) is 6.10 Å². The summed E-state index contributed by atoms with van der Waals surface area (Å²) in [6.07, 6.45) is 1.64. The number of nitrogens with one attached hydrogen (secondary N) is 1. The average molecular weight is 304 g/mol. The highest BCUT2D eigenvalue weighted by Gasteiger charge is 2.15. The summed E-state index contributed by atoms with van der Waals surface area (Å²) in [6.45, 7) is 2.81. The van der Waals surface area contributed by atoms with Gasteiger partial charge < -0.3 is 19.5 Å². The van der Waals surface area contributed by atoms with Crippen LogP contribution in [-0.4, -0.2) is 49.5 Å². The summed E-state index contributed by atoms with van der Waals surface area (Å²) in [6, 6.07) is 0.291. The Hall–Kier alpha value is -0.920. The van der Waals surface area contributed by atoms with Crippen LogP contribution >= 0.6 is 15.9 Å². The van der Waals surface area contributed by atoms with Gasteiger partial charge in [-0.15, -0.1) is 0 Å². The molecule has 1 atom stereocenters. The molecule has 1 saturated heterocycles. The van der Waals surface area contributed by atoms with Crippen molar-refractivity contribution in [3.63, 3.8) is 0 Å². The molecule has 2 heterocycles. The van der Waals surface area contributed by atoms with Crippen LogP contribution in [0.15, 0.2) is 10.7 Å². The van der Waals surface area contributed by atoms with Gasteiger partial charge in [-0.1, -0.05) is 0 Å². The van der Waals surface area contributed by atoms with Crippen molar-refractivity contribution in [2.24, 2.45) is 0 Å². The zero-order valence-electron chi connectivity index (χ0n) is 9.48. The van der Waals surface area contributed by atoms with Gasteiger partial charge in [-0.2, -0.15) is 4.98 Å². The fourth-order valence-electron chi connectivity index (χ4n) is 1.44. The minimum Gasteiger partial charge on any atom is -0.480 e. The molecule has 6 nitrogen and oxygen atoms in total. The molecule has 17 heavy (non-hydrogen) atoms. The van der Waals surface area contributed by atoms with E-state index >= 15 is 0 Å². The van der Waals surface area contributed by atoms with E-state index < -0.39 is 0 Å². The Morgan fingerprint density at radius 3 is 3.24 bits per heavy atom. The van der Waals surface area contributed by atoms with Gasteiger partial charge in [0.1, 0.15) is 12.7 Å². The van der Waals surface area contributed by atoms with Crippen LogP contribution in [0.4, 0.5) is 0 Å². The second-order valence-corrected chi connectivity index (χ2v) is 4.37. The maximum absolute atomic E-state index is 5.50. The van der Waals surface area contributed by atoms with Crippen LogP contribution in [0.3, 0.4) is 0 Å².